The second-order valence-corrected chi connectivity index (χ2v) is 11.6. The Balaban J connectivity index is 1.77. The van der Waals surface area contributed by atoms with Gasteiger partial charge in [0, 0.05) is 32.1 Å². The van der Waals surface area contributed by atoms with Gasteiger partial charge in [0.25, 0.3) is 0 Å². The van der Waals surface area contributed by atoms with Crippen molar-refractivity contribution in [3.8, 4) is 11.5 Å². The third kappa shape index (κ3) is 7.68. The van der Waals surface area contributed by atoms with Gasteiger partial charge < -0.3 is 19.7 Å². The highest BCUT2D eigenvalue weighted by atomic mass is 35.5. The van der Waals surface area contributed by atoms with E-state index in [1.165, 1.54) is 9.21 Å². The van der Waals surface area contributed by atoms with Gasteiger partial charge in [-0.15, -0.1) is 0 Å². The topological polar surface area (TPSA) is 105 Å². The summed E-state index contributed by atoms with van der Waals surface area (Å²) in [6.07, 6.45) is 1.80. The largest absolute Gasteiger partial charge is 0.486 e. The van der Waals surface area contributed by atoms with E-state index in [0.717, 1.165) is 11.8 Å². The molecular weight excluding hydrogens is 553 g/mol. The monoisotopic (exact) mass is 585 g/mol. The lowest BCUT2D eigenvalue weighted by Gasteiger charge is -2.31. The fourth-order valence-electron chi connectivity index (χ4n) is 4.24. The van der Waals surface area contributed by atoms with Gasteiger partial charge >= 0.3 is 0 Å². The number of likely N-dealkylation sites (N-methyl/N-ethyl adjacent to an activating group) is 1. The van der Waals surface area contributed by atoms with E-state index < -0.39 is 16.1 Å². The van der Waals surface area contributed by atoms with E-state index >= 15 is 0 Å². The first-order valence-electron chi connectivity index (χ1n) is 12.4. The predicted molar refractivity (Wildman–Crippen MR) is 149 cm³/mol. The Morgan fingerprint density at radius 2 is 1.74 bits per heavy atom. The van der Waals surface area contributed by atoms with E-state index in [9.17, 15) is 18.0 Å². The summed E-state index contributed by atoms with van der Waals surface area (Å²) in [5.74, 6) is 0.499. The van der Waals surface area contributed by atoms with Crippen molar-refractivity contribution in [3.05, 3.63) is 52.0 Å². The van der Waals surface area contributed by atoms with Gasteiger partial charge in [-0.2, -0.15) is 0 Å². The van der Waals surface area contributed by atoms with E-state index in [0.29, 0.717) is 53.4 Å². The number of carbonyl (C=O) groups excluding carboxylic acids is 2. The number of rotatable bonds is 12. The smallest absolute Gasteiger partial charge is 0.242 e. The van der Waals surface area contributed by atoms with Gasteiger partial charge in [-0.05, 0) is 49.6 Å². The van der Waals surface area contributed by atoms with E-state index in [4.69, 9.17) is 32.7 Å². The molecule has 0 aromatic heterocycles. The van der Waals surface area contributed by atoms with Crippen molar-refractivity contribution in [3.63, 3.8) is 0 Å². The number of ether oxygens (including phenoxy) is 2. The van der Waals surface area contributed by atoms with Gasteiger partial charge in [0.15, 0.2) is 11.5 Å². The molecule has 12 heteroatoms. The Bertz CT molecular complexity index is 1260. The van der Waals surface area contributed by atoms with Crippen molar-refractivity contribution in [2.24, 2.45) is 0 Å². The van der Waals surface area contributed by atoms with Crippen molar-refractivity contribution in [1.82, 2.24) is 10.2 Å². The van der Waals surface area contributed by atoms with Gasteiger partial charge in [0.2, 0.25) is 21.8 Å². The van der Waals surface area contributed by atoms with E-state index in [1.807, 2.05) is 13.8 Å². The van der Waals surface area contributed by atoms with Crippen LogP contribution in [0.4, 0.5) is 5.69 Å². The molecule has 0 fully saturated rings. The Hall–Kier alpha value is -2.69. The summed E-state index contributed by atoms with van der Waals surface area (Å²) in [6.45, 7) is 5.12. The highest BCUT2D eigenvalue weighted by Gasteiger charge is 2.29. The van der Waals surface area contributed by atoms with Crippen molar-refractivity contribution in [2.75, 3.05) is 36.9 Å². The normalized spacial score (nSPS) is 13.5. The van der Waals surface area contributed by atoms with Gasteiger partial charge in [-0.25, -0.2) is 8.42 Å². The van der Waals surface area contributed by atoms with Gasteiger partial charge in [0.1, 0.15) is 19.3 Å². The van der Waals surface area contributed by atoms with Gasteiger partial charge in [0.05, 0.1) is 22.0 Å². The van der Waals surface area contributed by atoms with E-state index in [2.05, 4.69) is 5.32 Å². The molecule has 0 saturated carbocycles. The zero-order valence-electron chi connectivity index (χ0n) is 21.7. The number of halogens is 2. The third-order valence-corrected chi connectivity index (χ3v) is 7.97. The molecule has 1 aliphatic heterocycles. The molecule has 2 aromatic rings. The number of hydrogen-bond donors (Lipinski definition) is 1. The molecule has 1 aliphatic rings. The number of sulfonamides is 1. The number of nitrogens with one attached hydrogen (secondary N) is 1. The van der Waals surface area contributed by atoms with Crippen molar-refractivity contribution < 1.29 is 27.5 Å². The van der Waals surface area contributed by atoms with Crippen LogP contribution in [0.15, 0.2) is 36.4 Å². The molecule has 2 amide bonds. The molecule has 0 unspecified atom stereocenters. The molecule has 0 aliphatic carbocycles. The molecule has 1 N–H and O–H groups in total. The molecule has 9 nitrogen and oxygen atoms in total. The molecular formula is C26H33Cl2N3O6S. The maximum absolute atomic E-state index is 13.5. The Morgan fingerprint density at radius 1 is 1.03 bits per heavy atom. The molecule has 2 aromatic carbocycles. The summed E-state index contributed by atoms with van der Waals surface area (Å²) in [4.78, 5) is 27.7. The summed E-state index contributed by atoms with van der Waals surface area (Å²) in [5, 5.41) is 3.53. The number of benzene rings is 2. The zero-order chi connectivity index (χ0) is 27.9. The van der Waals surface area contributed by atoms with Crippen LogP contribution in [0.25, 0.3) is 0 Å². The molecule has 0 spiro atoms. The standard InChI is InChI=1S/C26H33Cl2N3O6S/c1-4-22(26(33)29-5-2)30(17-18-8-10-20(27)21(28)15-18)25(32)7-6-12-31(38(3,34)35)19-9-11-23-24(16-19)37-14-13-36-23/h8-11,15-16,22H,4-7,12-14,17H2,1-3H3,(H,29,33)/t22-/m1/s1. The lowest BCUT2D eigenvalue weighted by atomic mass is 10.1. The summed E-state index contributed by atoms with van der Waals surface area (Å²) < 4.78 is 37.6. The van der Waals surface area contributed by atoms with Crippen LogP contribution >= 0.6 is 23.2 Å². The number of anilines is 1. The first-order valence-corrected chi connectivity index (χ1v) is 15.0. The van der Waals surface area contributed by atoms with Crippen LogP contribution in [-0.2, 0) is 26.2 Å². The van der Waals surface area contributed by atoms with Gasteiger partial charge in [-0.3, -0.25) is 13.9 Å². The lowest BCUT2D eigenvalue weighted by Crippen LogP contribution is -2.49. The van der Waals surface area contributed by atoms with Crippen LogP contribution < -0.4 is 19.1 Å². The fraction of sp³-hybridized carbons (Fsp3) is 0.462. The predicted octanol–water partition coefficient (Wildman–Crippen LogP) is 4.25. The third-order valence-electron chi connectivity index (χ3n) is 6.04. The number of amides is 2. The first-order chi connectivity index (χ1) is 18.0. The number of fused-ring (bicyclic) bond motifs is 1. The summed E-state index contributed by atoms with van der Waals surface area (Å²) >= 11 is 12.2. The zero-order valence-corrected chi connectivity index (χ0v) is 24.0. The molecule has 0 radical (unpaired) electrons. The molecule has 1 atom stereocenters. The summed E-state index contributed by atoms with van der Waals surface area (Å²) in [5.41, 5.74) is 1.15. The van der Waals surface area contributed by atoms with Gasteiger partial charge in [-0.1, -0.05) is 36.2 Å². The molecule has 0 bridgehead atoms. The Morgan fingerprint density at radius 3 is 2.37 bits per heavy atom. The summed E-state index contributed by atoms with van der Waals surface area (Å²) in [6, 6.07) is 9.32. The number of carbonyl (C=O) groups is 2. The maximum Gasteiger partial charge on any atom is 0.242 e. The van der Waals surface area contributed by atoms with E-state index in [1.54, 1.807) is 36.4 Å². The molecule has 3 rings (SSSR count). The van der Waals surface area contributed by atoms with Crippen LogP contribution in [0.2, 0.25) is 10.0 Å². The highest BCUT2D eigenvalue weighted by Crippen LogP contribution is 2.35. The minimum atomic E-state index is -3.64. The minimum Gasteiger partial charge on any atom is -0.486 e. The number of hydrogen-bond acceptors (Lipinski definition) is 6. The van der Waals surface area contributed by atoms with E-state index in [-0.39, 0.29) is 37.7 Å². The van der Waals surface area contributed by atoms with Crippen LogP contribution in [-0.4, -0.2) is 63.7 Å². The summed E-state index contributed by atoms with van der Waals surface area (Å²) in [7, 11) is -3.64. The molecule has 38 heavy (non-hydrogen) atoms. The van der Waals surface area contributed by atoms with Crippen molar-refractivity contribution >= 4 is 50.7 Å². The molecule has 208 valence electrons. The lowest BCUT2D eigenvalue weighted by molar-refractivity contribution is -0.141. The SMILES string of the molecule is CCNC(=O)[C@@H](CC)N(Cc1ccc(Cl)c(Cl)c1)C(=O)CCCN(c1ccc2c(c1)OCCO2)S(C)(=O)=O. The first kappa shape index (κ1) is 29.9. The van der Waals surface area contributed by atoms with Crippen LogP contribution in [0.5, 0.6) is 11.5 Å². The van der Waals surface area contributed by atoms with Crippen molar-refractivity contribution in [2.45, 2.75) is 45.7 Å². The molecule has 0 saturated heterocycles. The van der Waals surface area contributed by atoms with Crippen LogP contribution in [0, 0.1) is 0 Å². The average molecular weight is 587 g/mol. The second kappa shape index (κ2) is 13.4. The minimum absolute atomic E-state index is 0.0355. The fourth-order valence-corrected chi connectivity index (χ4v) is 5.52. The van der Waals surface area contributed by atoms with Crippen LogP contribution in [0.1, 0.15) is 38.7 Å². The van der Waals surface area contributed by atoms with Crippen LogP contribution in [0.3, 0.4) is 0 Å². The number of nitrogens with zero attached hydrogens (tertiary/aromatic N) is 2. The quantitative estimate of drug-likeness (QED) is 0.399. The second-order valence-electron chi connectivity index (χ2n) is 8.86. The van der Waals surface area contributed by atoms with Crippen molar-refractivity contribution in [1.29, 1.82) is 0 Å². The molecule has 1 heterocycles. The Kier molecular flexibility index (Phi) is 10.5. The Labute approximate surface area is 234 Å². The maximum atomic E-state index is 13.5. The average Bonchev–Trinajstić information content (AvgIpc) is 2.87. The highest BCUT2D eigenvalue weighted by molar-refractivity contribution is 7.92.